The first-order chi connectivity index (χ1) is 7.04. The molecule has 0 radical (unpaired) electrons. The Kier molecular flexibility index (Phi) is 4.80. The zero-order valence-corrected chi connectivity index (χ0v) is 9.34. The molecular weight excluding hydrogens is 242 g/mol. The smallest absolute Gasteiger partial charge is 0.125 e. The average Bonchev–Trinajstić information content (AvgIpc) is 2.15. The fourth-order valence-corrected chi connectivity index (χ4v) is 1.69. The highest BCUT2D eigenvalue weighted by molar-refractivity contribution is 6.30. The number of rotatable bonds is 4. The maximum atomic E-state index is 12.9. The number of hydrogen-bond donors (Lipinski definition) is 2. The molecular formula is C10H11Cl2FO2. The zero-order chi connectivity index (χ0) is 11.4. The molecule has 1 aromatic carbocycles. The molecule has 0 aliphatic heterocycles. The predicted molar refractivity (Wildman–Crippen MR) is 57.7 cm³/mol. The maximum absolute atomic E-state index is 12.9. The largest absolute Gasteiger partial charge is 0.390 e. The van der Waals surface area contributed by atoms with Crippen molar-refractivity contribution in [1.29, 1.82) is 0 Å². The third kappa shape index (κ3) is 3.61. The van der Waals surface area contributed by atoms with Crippen molar-refractivity contribution >= 4 is 23.2 Å². The van der Waals surface area contributed by atoms with Crippen molar-refractivity contribution in [2.45, 2.75) is 18.6 Å². The third-order valence-electron chi connectivity index (χ3n) is 2.00. The Morgan fingerprint density at radius 1 is 1.27 bits per heavy atom. The zero-order valence-electron chi connectivity index (χ0n) is 7.83. The molecule has 84 valence electrons. The summed E-state index contributed by atoms with van der Waals surface area (Å²) in [6, 6.07) is 3.67. The monoisotopic (exact) mass is 252 g/mol. The van der Waals surface area contributed by atoms with Crippen LogP contribution < -0.4 is 0 Å². The van der Waals surface area contributed by atoms with Crippen LogP contribution in [-0.2, 0) is 0 Å². The van der Waals surface area contributed by atoms with Crippen molar-refractivity contribution in [3.05, 3.63) is 34.6 Å². The average molecular weight is 253 g/mol. The van der Waals surface area contributed by atoms with Gasteiger partial charge in [-0.25, -0.2) is 4.39 Å². The van der Waals surface area contributed by atoms with Crippen molar-refractivity contribution in [2.24, 2.45) is 0 Å². The molecule has 0 fully saturated rings. The van der Waals surface area contributed by atoms with E-state index in [0.29, 0.717) is 0 Å². The molecule has 5 heteroatoms. The van der Waals surface area contributed by atoms with E-state index in [0.717, 1.165) is 12.1 Å². The van der Waals surface area contributed by atoms with Crippen LogP contribution in [0.25, 0.3) is 0 Å². The predicted octanol–water partition coefficient (Wildman–Crippen LogP) is 2.50. The normalized spacial score (nSPS) is 15.0. The molecule has 0 amide bonds. The fourth-order valence-electron chi connectivity index (χ4n) is 1.24. The van der Waals surface area contributed by atoms with Gasteiger partial charge in [0.15, 0.2) is 0 Å². The highest BCUT2D eigenvalue weighted by Crippen LogP contribution is 2.23. The lowest BCUT2D eigenvalue weighted by Gasteiger charge is -2.17. The fraction of sp³-hybridized carbons (Fsp3) is 0.400. The first kappa shape index (κ1) is 12.7. The molecule has 0 spiro atoms. The second-order valence-corrected chi connectivity index (χ2v) is 4.01. The van der Waals surface area contributed by atoms with Crippen LogP contribution in [0.2, 0.25) is 5.02 Å². The van der Waals surface area contributed by atoms with E-state index in [1.54, 1.807) is 0 Å². The van der Waals surface area contributed by atoms with Crippen LogP contribution in [-0.4, -0.2) is 22.2 Å². The van der Waals surface area contributed by atoms with Crippen molar-refractivity contribution in [3.8, 4) is 0 Å². The van der Waals surface area contributed by atoms with E-state index in [1.807, 2.05) is 0 Å². The molecule has 0 aromatic heterocycles. The van der Waals surface area contributed by atoms with Gasteiger partial charge >= 0.3 is 0 Å². The first-order valence-electron chi connectivity index (χ1n) is 4.42. The number of aliphatic hydroxyl groups is 2. The minimum absolute atomic E-state index is 0.183. The number of benzene rings is 1. The number of halogens is 3. The standard InChI is InChI=1S/C10H11Cl2FO2/c11-2-1-9(14)10(15)6-3-7(12)5-8(13)4-6/h3-5,9-10,14-15H,1-2H2. The van der Waals surface area contributed by atoms with E-state index < -0.39 is 18.0 Å². The van der Waals surface area contributed by atoms with Gasteiger partial charge in [0, 0.05) is 10.9 Å². The van der Waals surface area contributed by atoms with Crippen molar-refractivity contribution in [3.63, 3.8) is 0 Å². The van der Waals surface area contributed by atoms with Gasteiger partial charge < -0.3 is 10.2 Å². The van der Waals surface area contributed by atoms with Crippen molar-refractivity contribution in [1.82, 2.24) is 0 Å². The highest BCUT2D eigenvalue weighted by Gasteiger charge is 2.18. The van der Waals surface area contributed by atoms with Crippen LogP contribution in [0.3, 0.4) is 0 Å². The minimum Gasteiger partial charge on any atom is -0.390 e. The number of alkyl halides is 1. The van der Waals surface area contributed by atoms with E-state index in [-0.39, 0.29) is 22.9 Å². The van der Waals surface area contributed by atoms with E-state index in [9.17, 15) is 14.6 Å². The van der Waals surface area contributed by atoms with Crippen LogP contribution >= 0.6 is 23.2 Å². The Labute approximate surface area is 97.3 Å². The van der Waals surface area contributed by atoms with Crippen LogP contribution in [0.4, 0.5) is 4.39 Å². The number of aliphatic hydroxyl groups excluding tert-OH is 2. The summed E-state index contributed by atoms with van der Waals surface area (Å²) >= 11 is 11.0. The molecule has 2 atom stereocenters. The van der Waals surface area contributed by atoms with Gasteiger partial charge in [-0.05, 0) is 30.2 Å². The maximum Gasteiger partial charge on any atom is 0.125 e. The lowest BCUT2D eigenvalue weighted by molar-refractivity contribution is 0.0168. The molecule has 0 aliphatic carbocycles. The van der Waals surface area contributed by atoms with Gasteiger partial charge in [0.05, 0.1) is 6.10 Å². The molecule has 1 aromatic rings. The summed E-state index contributed by atoms with van der Waals surface area (Å²) in [6.07, 6.45) is -1.95. The lowest BCUT2D eigenvalue weighted by Crippen LogP contribution is -2.18. The van der Waals surface area contributed by atoms with Gasteiger partial charge in [0.1, 0.15) is 11.9 Å². The van der Waals surface area contributed by atoms with E-state index in [4.69, 9.17) is 23.2 Å². The van der Waals surface area contributed by atoms with Gasteiger partial charge in [-0.1, -0.05) is 11.6 Å². The van der Waals surface area contributed by atoms with Gasteiger partial charge in [0.25, 0.3) is 0 Å². The van der Waals surface area contributed by atoms with Gasteiger partial charge in [-0.15, -0.1) is 11.6 Å². The Morgan fingerprint density at radius 3 is 2.47 bits per heavy atom. The number of hydrogen-bond acceptors (Lipinski definition) is 2. The summed E-state index contributed by atoms with van der Waals surface area (Å²) in [5, 5.41) is 19.3. The topological polar surface area (TPSA) is 40.5 Å². The molecule has 2 nitrogen and oxygen atoms in total. The minimum atomic E-state index is -1.17. The first-order valence-corrected chi connectivity index (χ1v) is 5.34. The van der Waals surface area contributed by atoms with Gasteiger partial charge in [0.2, 0.25) is 0 Å². The second kappa shape index (κ2) is 5.66. The van der Waals surface area contributed by atoms with E-state index in [2.05, 4.69) is 0 Å². The van der Waals surface area contributed by atoms with Gasteiger partial charge in [-0.3, -0.25) is 0 Å². The SMILES string of the molecule is OC(CCCl)C(O)c1cc(F)cc(Cl)c1. The molecule has 2 N–H and O–H groups in total. The van der Waals surface area contributed by atoms with Crippen LogP contribution in [0.1, 0.15) is 18.1 Å². The van der Waals surface area contributed by atoms with Crippen molar-refractivity contribution < 1.29 is 14.6 Å². The molecule has 0 bridgehead atoms. The molecule has 0 saturated heterocycles. The third-order valence-corrected chi connectivity index (χ3v) is 2.43. The van der Waals surface area contributed by atoms with E-state index in [1.165, 1.54) is 6.07 Å². The summed E-state index contributed by atoms with van der Waals surface area (Å²) < 4.78 is 12.9. The lowest BCUT2D eigenvalue weighted by atomic mass is 10.0. The van der Waals surface area contributed by atoms with Crippen LogP contribution in [0.15, 0.2) is 18.2 Å². The molecule has 1 rings (SSSR count). The molecule has 0 aliphatic rings. The summed E-state index contributed by atoms with van der Waals surface area (Å²) in [6.45, 7) is 0. The second-order valence-electron chi connectivity index (χ2n) is 3.19. The Hall–Kier alpha value is -0.350. The quantitative estimate of drug-likeness (QED) is 0.809. The molecule has 0 heterocycles. The highest BCUT2D eigenvalue weighted by atomic mass is 35.5. The van der Waals surface area contributed by atoms with Crippen molar-refractivity contribution in [2.75, 3.05) is 5.88 Å². The van der Waals surface area contributed by atoms with E-state index >= 15 is 0 Å². The molecule has 0 saturated carbocycles. The van der Waals surface area contributed by atoms with Crippen LogP contribution in [0.5, 0.6) is 0 Å². The summed E-state index contributed by atoms with van der Waals surface area (Å²) in [5.74, 6) is -0.323. The summed E-state index contributed by atoms with van der Waals surface area (Å²) in [4.78, 5) is 0. The van der Waals surface area contributed by atoms with Gasteiger partial charge in [-0.2, -0.15) is 0 Å². The molecule has 15 heavy (non-hydrogen) atoms. The summed E-state index contributed by atoms with van der Waals surface area (Å²) in [5.41, 5.74) is 0.248. The van der Waals surface area contributed by atoms with Crippen LogP contribution in [0, 0.1) is 5.82 Å². The summed E-state index contributed by atoms with van der Waals surface area (Å²) in [7, 11) is 0. The Morgan fingerprint density at radius 2 is 1.93 bits per heavy atom. The Bertz CT molecular complexity index is 313. The molecule has 2 unspecified atom stereocenters. The Balaban J connectivity index is 2.85.